The molecular weight excluding hydrogens is 344 g/mol. The number of nitrogens with two attached hydrogens (primary N) is 1. The largest absolute Gasteiger partial charge is 0.497 e. The van der Waals surface area contributed by atoms with Crippen LogP contribution in [0.1, 0.15) is 5.69 Å². The number of anilines is 3. The lowest BCUT2D eigenvalue weighted by Crippen LogP contribution is -2.02. The molecule has 0 saturated heterocycles. The van der Waals surface area contributed by atoms with Crippen LogP contribution >= 0.6 is 0 Å². The number of aryl methyl sites for hydroxylation is 2. The van der Waals surface area contributed by atoms with Crippen molar-refractivity contribution in [1.82, 2.24) is 29.7 Å². The molecule has 0 atom stereocenters. The minimum absolute atomic E-state index is 0.200. The fraction of sp³-hybridized carbons (Fsp3) is 0.167. The number of hydrogen-bond donors (Lipinski definition) is 2. The lowest BCUT2D eigenvalue weighted by atomic mass is 10.2. The number of nitrogens with zero attached hydrogens (tertiary/aromatic N) is 6. The Labute approximate surface area is 155 Å². The lowest BCUT2D eigenvalue weighted by molar-refractivity contribution is 0.415. The van der Waals surface area contributed by atoms with Crippen molar-refractivity contribution in [2.24, 2.45) is 7.05 Å². The number of hydrogen-bond acceptors (Lipinski definition) is 8. The highest BCUT2D eigenvalue weighted by Gasteiger charge is 2.17. The predicted octanol–water partition coefficient (Wildman–Crippen LogP) is 2.46. The van der Waals surface area contributed by atoms with Crippen molar-refractivity contribution in [1.29, 1.82) is 0 Å². The van der Waals surface area contributed by atoms with Gasteiger partial charge in [-0.1, -0.05) is 6.07 Å². The molecule has 0 aliphatic rings. The zero-order valence-corrected chi connectivity index (χ0v) is 15.1. The Kier molecular flexibility index (Phi) is 4.03. The molecule has 0 bridgehead atoms. The van der Waals surface area contributed by atoms with Crippen molar-refractivity contribution < 1.29 is 4.74 Å². The average molecular weight is 362 g/mol. The van der Waals surface area contributed by atoms with E-state index in [1.165, 1.54) is 0 Å². The van der Waals surface area contributed by atoms with Gasteiger partial charge in [-0.15, -0.1) is 0 Å². The Morgan fingerprint density at radius 3 is 2.67 bits per heavy atom. The fourth-order valence-corrected chi connectivity index (χ4v) is 2.85. The van der Waals surface area contributed by atoms with E-state index in [1.54, 1.807) is 24.2 Å². The van der Waals surface area contributed by atoms with Crippen molar-refractivity contribution >= 4 is 28.5 Å². The lowest BCUT2D eigenvalue weighted by Gasteiger charge is -2.10. The molecule has 4 rings (SSSR count). The molecule has 0 unspecified atom stereocenters. The molecule has 0 amide bonds. The van der Waals surface area contributed by atoms with E-state index in [2.05, 4.69) is 30.4 Å². The molecule has 136 valence electrons. The molecule has 0 fully saturated rings. The summed E-state index contributed by atoms with van der Waals surface area (Å²) >= 11 is 0. The summed E-state index contributed by atoms with van der Waals surface area (Å²) in [6, 6.07) is 7.62. The van der Waals surface area contributed by atoms with E-state index in [-0.39, 0.29) is 5.95 Å². The number of fused-ring (bicyclic) bond motifs is 1. The molecule has 0 radical (unpaired) electrons. The Morgan fingerprint density at radius 1 is 1.15 bits per heavy atom. The fourth-order valence-electron chi connectivity index (χ4n) is 2.85. The van der Waals surface area contributed by atoms with E-state index in [0.29, 0.717) is 22.9 Å². The third kappa shape index (κ3) is 3.10. The zero-order valence-electron chi connectivity index (χ0n) is 15.1. The van der Waals surface area contributed by atoms with Gasteiger partial charge in [0.25, 0.3) is 0 Å². The topological polar surface area (TPSA) is 117 Å². The number of methoxy groups -OCH3 is 1. The summed E-state index contributed by atoms with van der Waals surface area (Å²) in [5, 5.41) is 8.67. The van der Waals surface area contributed by atoms with Crippen molar-refractivity contribution in [3.05, 3.63) is 42.4 Å². The Morgan fingerprint density at radius 2 is 1.93 bits per heavy atom. The second-order valence-corrected chi connectivity index (χ2v) is 5.99. The van der Waals surface area contributed by atoms with Gasteiger partial charge in [0.1, 0.15) is 11.6 Å². The van der Waals surface area contributed by atoms with Crippen LogP contribution in [0.5, 0.6) is 5.75 Å². The molecule has 9 heteroatoms. The quantitative estimate of drug-likeness (QED) is 0.568. The second-order valence-electron chi connectivity index (χ2n) is 5.99. The predicted molar refractivity (Wildman–Crippen MR) is 103 cm³/mol. The Bertz CT molecular complexity index is 1120. The SMILES string of the molecule is COc1cccc(Nc2nc(-c3cnc(N)nc3)nc3c2c(C)nn3C)c1. The van der Waals surface area contributed by atoms with Gasteiger partial charge in [0, 0.05) is 31.2 Å². The number of aromatic nitrogens is 6. The minimum Gasteiger partial charge on any atom is -0.497 e. The highest BCUT2D eigenvalue weighted by Crippen LogP contribution is 2.30. The Hall–Kier alpha value is -3.75. The molecule has 3 N–H and O–H groups in total. The third-order valence-electron chi connectivity index (χ3n) is 4.12. The van der Waals surface area contributed by atoms with Crippen LogP contribution in [-0.4, -0.2) is 36.8 Å². The van der Waals surface area contributed by atoms with E-state index < -0.39 is 0 Å². The summed E-state index contributed by atoms with van der Waals surface area (Å²) in [7, 11) is 3.48. The summed E-state index contributed by atoms with van der Waals surface area (Å²) in [4.78, 5) is 17.4. The number of nitrogens with one attached hydrogen (secondary N) is 1. The van der Waals surface area contributed by atoms with Gasteiger partial charge in [-0.3, -0.25) is 4.68 Å². The highest BCUT2D eigenvalue weighted by atomic mass is 16.5. The van der Waals surface area contributed by atoms with Gasteiger partial charge in [-0.05, 0) is 19.1 Å². The van der Waals surface area contributed by atoms with Gasteiger partial charge in [-0.25, -0.2) is 19.9 Å². The first-order valence-electron chi connectivity index (χ1n) is 8.25. The normalized spacial score (nSPS) is 10.9. The number of rotatable bonds is 4. The van der Waals surface area contributed by atoms with E-state index in [9.17, 15) is 0 Å². The van der Waals surface area contributed by atoms with Crippen LogP contribution in [0.2, 0.25) is 0 Å². The van der Waals surface area contributed by atoms with E-state index in [0.717, 1.165) is 22.5 Å². The van der Waals surface area contributed by atoms with Crippen LogP contribution in [0, 0.1) is 6.92 Å². The van der Waals surface area contributed by atoms with Crippen LogP contribution in [0.3, 0.4) is 0 Å². The molecule has 9 nitrogen and oxygen atoms in total. The molecule has 27 heavy (non-hydrogen) atoms. The summed E-state index contributed by atoms with van der Waals surface area (Å²) in [6.45, 7) is 1.93. The zero-order chi connectivity index (χ0) is 19.0. The summed E-state index contributed by atoms with van der Waals surface area (Å²) in [5.74, 6) is 2.08. The second kappa shape index (κ2) is 6.52. The minimum atomic E-state index is 0.200. The standard InChI is InChI=1S/C18H18N8O/c1-10-14-16(22-12-5-4-6-13(7-12)27-3)23-15(24-17(14)26(2)25-10)11-8-20-18(19)21-9-11/h4-9H,1-3H3,(H2,19,20,21)(H,22,23,24). The van der Waals surface area contributed by atoms with Gasteiger partial charge < -0.3 is 15.8 Å². The first kappa shape index (κ1) is 16.7. The van der Waals surface area contributed by atoms with E-state index >= 15 is 0 Å². The van der Waals surface area contributed by atoms with Gasteiger partial charge in [0.05, 0.1) is 23.8 Å². The maximum absolute atomic E-state index is 5.58. The van der Waals surface area contributed by atoms with Crippen molar-refractivity contribution in [3.63, 3.8) is 0 Å². The molecule has 0 aliphatic heterocycles. The van der Waals surface area contributed by atoms with Crippen LogP contribution < -0.4 is 15.8 Å². The summed E-state index contributed by atoms with van der Waals surface area (Å²) < 4.78 is 7.02. The van der Waals surface area contributed by atoms with Crippen LogP contribution in [0.4, 0.5) is 17.5 Å². The third-order valence-corrected chi connectivity index (χ3v) is 4.12. The first-order chi connectivity index (χ1) is 13.0. The summed E-state index contributed by atoms with van der Waals surface area (Å²) in [6.07, 6.45) is 3.20. The van der Waals surface area contributed by atoms with Gasteiger partial charge in [0.2, 0.25) is 5.95 Å². The number of ether oxygens (including phenoxy) is 1. The van der Waals surface area contributed by atoms with Gasteiger partial charge in [0.15, 0.2) is 11.5 Å². The molecule has 3 aromatic heterocycles. The highest BCUT2D eigenvalue weighted by molar-refractivity contribution is 5.92. The molecule has 0 saturated carbocycles. The molecule has 1 aromatic carbocycles. The number of benzene rings is 1. The van der Waals surface area contributed by atoms with Crippen molar-refractivity contribution in [2.75, 3.05) is 18.2 Å². The number of nitrogen functional groups attached to an aromatic ring is 1. The van der Waals surface area contributed by atoms with E-state index in [4.69, 9.17) is 10.5 Å². The monoisotopic (exact) mass is 362 g/mol. The average Bonchev–Trinajstić information content (AvgIpc) is 2.96. The van der Waals surface area contributed by atoms with Crippen molar-refractivity contribution in [3.8, 4) is 17.1 Å². The molecular formula is C18H18N8O. The Balaban J connectivity index is 1.87. The maximum Gasteiger partial charge on any atom is 0.219 e. The first-order valence-corrected chi connectivity index (χ1v) is 8.25. The molecule has 0 spiro atoms. The van der Waals surface area contributed by atoms with E-state index in [1.807, 2.05) is 38.2 Å². The van der Waals surface area contributed by atoms with Crippen LogP contribution in [0.15, 0.2) is 36.7 Å². The van der Waals surface area contributed by atoms with Gasteiger partial charge >= 0.3 is 0 Å². The maximum atomic E-state index is 5.58. The summed E-state index contributed by atoms with van der Waals surface area (Å²) in [5.41, 5.74) is 8.63. The van der Waals surface area contributed by atoms with Gasteiger partial charge in [-0.2, -0.15) is 5.10 Å². The van der Waals surface area contributed by atoms with Crippen LogP contribution in [0.25, 0.3) is 22.4 Å². The van der Waals surface area contributed by atoms with Crippen LogP contribution in [-0.2, 0) is 7.05 Å². The molecule has 3 heterocycles. The molecule has 0 aliphatic carbocycles. The molecule has 4 aromatic rings. The van der Waals surface area contributed by atoms with Crippen molar-refractivity contribution in [2.45, 2.75) is 6.92 Å². The smallest absolute Gasteiger partial charge is 0.219 e.